The molecule has 0 saturated carbocycles. The Kier molecular flexibility index (Phi) is 1.00. The zero-order chi connectivity index (χ0) is 5.11. The van der Waals surface area contributed by atoms with Gasteiger partial charge in [0.05, 0.1) is 5.39 Å². The molecule has 0 bridgehead atoms. The third-order valence-electron chi connectivity index (χ3n) is 0.505. The van der Waals surface area contributed by atoms with E-state index in [4.69, 9.17) is 5.39 Å². The molecule has 3 nitrogen and oxygen atoms in total. The fourth-order valence-corrected chi connectivity index (χ4v) is 0.678. The molecule has 0 aliphatic carbocycles. The van der Waals surface area contributed by atoms with Gasteiger partial charge in [0.25, 0.3) is 0 Å². The highest BCUT2D eigenvalue weighted by atomic mass is 32.1. The Hall–Kier alpha value is -0.950. The first-order valence-electron chi connectivity index (χ1n) is 1.68. The molecule has 0 saturated heterocycles. The van der Waals surface area contributed by atoms with Crippen molar-refractivity contribution in [2.24, 2.45) is 0 Å². The minimum atomic E-state index is 0.403. The highest BCUT2D eigenvalue weighted by Gasteiger charge is 2.01. The summed E-state index contributed by atoms with van der Waals surface area (Å²) in [5, 5.41) is 10.1. The van der Waals surface area contributed by atoms with Gasteiger partial charge < -0.3 is 0 Å². The van der Waals surface area contributed by atoms with Crippen molar-refractivity contribution in [1.82, 2.24) is 4.98 Å². The molecule has 1 rings (SSSR count). The van der Waals surface area contributed by atoms with Crippen molar-refractivity contribution in [2.45, 2.75) is 0 Å². The number of hydrogen-bond donors (Lipinski definition) is 0. The monoisotopic (exact) mass is 112 g/mol. The predicted octanol–water partition coefficient (Wildman–Crippen LogP) is 1.63. The number of thiazole rings is 1. The Morgan fingerprint density at radius 3 is 3.00 bits per heavy atom. The summed E-state index contributed by atoms with van der Waals surface area (Å²) >= 11 is 1.30. The van der Waals surface area contributed by atoms with Crippen LogP contribution in [0.15, 0.2) is 11.6 Å². The maximum absolute atomic E-state index is 8.00. The molecule has 0 aromatic carbocycles. The van der Waals surface area contributed by atoms with Crippen LogP contribution in [0.3, 0.4) is 0 Å². The summed E-state index contributed by atoms with van der Waals surface area (Å²) in [5.74, 6) is 0. The number of nitrogens with zero attached hydrogens (tertiary/aromatic N) is 3. The van der Waals surface area contributed by atoms with Crippen LogP contribution in [-0.2, 0) is 0 Å². The van der Waals surface area contributed by atoms with Gasteiger partial charge >= 0.3 is 5.13 Å². The first-order chi connectivity index (χ1) is 3.43. The summed E-state index contributed by atoms with van der Waals surface area (Å²) in [7, 11) is 0. The van der Waals surface area contributed by atoms with Crippen LogP contribution in [0.1, 0.15) is 0 Å². The molecule has 0 aliphatic heterocycles. The SMILES string of the molecule is N#[N+]c1nccs1. The van der Waals surface area contributed by atoms with Gasteiger partial charge in [0.2, 0.25) is 0 Å². The Labute approximate surface area is 44.3 Å². The van der Waals surface area contributed by atoms with E-state index in [0.717, 1.165) is 0 Å². The van der Waals surface area contributed by atoms with Crippen molar-refractivity contribution in [3.63, 3.8) is 0 Å². The predicted molar refractivity (Wildman–Crippen MR) is 26.9 cm³/mol. The highest BCUT2D eigenvalue weighted by Crippen LogP contribution is 2.12. The summed E-state index contributed by atoms with van der Waals surface area (Å²) < 4.78 is 0. The van der Waals surface area contributed by atoms with Crippen LogP contribution in [0.2, 0.25) is 0 Å². The van der Waals surface area contributed by atoms with Gasteiger partial charge in [-0.15, -0.1) is 0 Å². The molecule has 0 spiro atoms. The van der Waals surface area contributed by atoms with Crippen molar-refractivity contribution in [3.8, 4) is 0 Å². The second-order valence-electron chi connectivity index (χ2n) is 0.915. The third kappa shape index (κ3) is 0.725. The van der Waals surface area contributed by atoms with Gasteiger partial charge in [0.15, 0.2) is 6.20 Å². The van der Waals surface area contributed by atoms with E-state index in [1.807, 2.05) is 0 Å². The van der Waals surface area contributed by atoms with Gasteiger partial charge in [-0.2, -0.15) is 0 Å². The molecule has 0 amide bonds. The van der Waals surface area contributed by atoms with Gasteiger partial charge in [-0.3, -0.25) is 0 Å². The zero-order valence-electron chi connectivity index (χ0n) is 3.40. The molecule has 1 heterocycles. The summed E-state index contributed by atoms with van der Waals surface area (Å²) in [6, 6.07) is 0. The molecule has 7 heavy (non-hydrogen) atoms. The fraction of sp³-hybridized carbons (Fsp3) is 0. The van der Waals surface area contributed by atoms with Crippen LogP contribution in [0.25, 0.3) is 4.98 Å². The number of diazo groups is 1. The van der Waals surface area contributed by atoms with E-state index in [2.05, 4.69) is 9.96 Å². The van der Waals surface area contributed by atoms with Crippen LogP contribution in [0, 0.1) is 5.39 Å². The number of aromatic nitrogens is 1. The first kappa shape index (κ1) is 4.22. The zero-order valence-corrected chi connectivity index (χ0v) is 4.22. The second kappa shape index (κ2) is 1.67. The lowest BCUT2D eigenvalue weighted by molar-refractivity contribution is 1.38. The van der Waals surface area contributed by atoms with Crippen molar-refractivity contribution >= 4 is 16.5 Å². The lowest BCUT2D eigenvalue weighted by Crippen LogP contribution is -1.46. The van der Waals surface area contributed by atoms with Crippen molar-refractivity contribution in [3.05, 3.63) is 16.6 Å². The van der Waals surface area contributed by atoms with Gasteiger partial charge in [0, 0.05) is 10.4 Å². The quantitative estimate of drug-likeness (QED) is 0.478. The van der Waals surface area contributed by atoms with E-state index < -0.39 is 0 Å². The van der Waals surface area contributed by atoms with E-state index in [1.54, 1.807) is 11.6 Å². The van der Waals surface area contributed by atoms with Crippen molar-refractivity contribution < 1.29 is 0 Å². The minimum Gasteiger partial charge on any atom is -0.0292 e. The average molecular weight is 112 g/mol. The normalized spacial score (nSPS) is 7.86. The van der Waals surface area contributed by atoms with E-state index in [-0.39, 0.29) is 0 Å². The van der Waals surface area contributed by atoms with Crippen LogP contribution in [0.5, 0.6) is 0 Å². The Morgan fingerprint density at radius 2 is 2.71 bits per heavy atom. The molecule has 0 unspecified atom stereocenters. The van der Waals surface area contributed by atoms with E-state index in [0.29, 0.717) is 5.13 Å². The van der Waals surface area contributed by atoms with Crippen molar-refractivity contribution in [2.75, 3.05) is 0 Å². The Balaban J connectivity index is 3.04. The molecule has 0 N–H and O–H groups in total. The first-order valence-corrected chi connectivity index (χ1v) is 2.56. The molecule has 1 aromatic heterocycles. The lowest BCUT2D eigenvalue weighted by Gasteiger charge is -1.44. The number of rotatable bonds is 0. The molecule has 34 valence electrons. The minimum absolute atomic E-state index is 0.403. The molecule has 1 aromatic rings. The third-order valence-corrected chi connectivity index (χ3v) is 1.16. The van der Waals surface area contributed by atoms with E-state index in [9.17, 15) is 0 Å². The molecule has 0 atom stereocenters. The summed E-state index contributed by atoms with van der Waals surface area (Å²) in [6.07, 6.45) is 1.58. The van der Waals surface area contributed by atoms with E-state index >= 15 is 0 Å². The standard InChI is InChI=1S/C3H2N3S/c4-6-3-5-1-2-7-3/h1-2H/q+1. The van der Waals surface area contributed by atoms with Crippen LogP contribution < -0.4 is 0 Å². The fourth-order valence-electron chi connectivity index (χ4n) is 0.265. The van der Waals surface area contributed by atoms with E-state index in [1.165, 1.54) is 11.3 Å². The number of hydrogen-bond acceptors (Lipinski definition) is 3. The molecule has 0 aliphatic rings. The largest absolute Gasteiger partial charge is 0.523 e. The van der Waals surface area contributed by atoms with Crippen LogP contribution >= 0.6 is 11.3 Å². The molecular formula is C3H2N3S+. The lowest BCUT2D eigenvalue weighted by atomic mass is 11.0. The second-order valence-corrected chi connectivity index (χ2v) is 1.79. The van der Waals surface area contributed by atoms with Crippen molar-refractivity contribution in [1.29, 1.82) is 5.39 Å². The van der Waals surface area contributed by atoms with Crippen LogP contribution in [-0.4, -0.2) is 4.98 Å². The summed E-state index contributed by atoms with van der Waals surface area (Å²) in [4.78, 5) is 6.47. The van der Waals surface area contributed by atoms with Gasteiger partial charge in [0.1, 0.15) is 0 Å². The summed E-state index contributed by atoms with van der Waals surface area (Å²) in [6.45, 7) is 0. The van der Waals surface area contributed by atoms with Gasteiger partial charge in [-0.1, -0.05) is 0 Å². The molecule has 0 radical (unpaired) electrons. The smallest absolute Gasteiger partial charge is 0.0292 e. The maximum Gasteiger partial charge on any atom is 0.523 e. The molecular weight excluding hydrogens is 110 g/mol. The molecule has 0 fully saturated rings. The molecule has 4 heteroatoms. The highest BCUT2D eigenvalue weighted by molar-refractivity contribution is 7.13. The Morgan fingerprint density at radius 1 is 1.86 bits per heavy atom. The Bertz CT molecular complexity index is 173. The maximum atomic E-state index is 8.00. The summed E-state index contributed by atoms with van der Waals surface area (Å²) in [5.41, 5.74) is 0. The van der Waals surface area contributed by atoms with Crippen LogP contribution in [0.4, 0.5) is 5.13 Å². The topological polar surface area (TPSA) is 41.0 Å². The van der Waals surface area contributed by atoms with Gasteiger partial charge in [-0.25, -0.2) is 0 Å². The van der Waals surface area contributed by atoms with Gasteiger partial charge in [-0.05, 0) is 16.3 Å². The average Bonchev–Trinajstić information content (AvgIpc) is 2.14.